The summed E-state index contributed by atoms with van der Waals surface area (Å²) in [6, 6.07) is 7.71. The standard InChI is InChI=1S/C9H8INO/c10-8-3-1-7(2-4-8)5-9(12)6-11/h1-4,6,11H,5H2. The summed E-state index contributed by atoms with van der Waals surface area (Å²) in [5, 5.41) is 6.72. The zero-order valence-corrected chi connectivity index (χ0v) is 8.54. The molecular weight excluding hydrogens is 265 g/mol. The average Bonchev–Trinajstić information content (AvgIpc) is 2.09. The Bertz CT molecular complexity index is 292. The molecule has 0 amide bonds. The minimum absolute atomic E-state index is 0.156. The normalized spacial score (nSPS) is 9.42. The van der Waals surface area contributed by atoms with Gasteiger partial charge in [-0.2, -0.15) is 0 Å². The molecule has 0 saturated heterocycles. The number of hydrogen-bond donors (Lipinski definition) is 1. The highest BCUT2D eigenvalue weighted by atomic mass is 127. The number of Topliss-reactive ketones (excluding diaryl/α,β-unsaturated/α-hetero) is 1. The Balaban J connectivity index is 2.71. The highest BCUT2D eigenvalue weighted by Crippen LogP contribution is 2.07. The second-order valence-corrected chi connectivity index (χ2v) is 3.66. The first-order chi connectivity index (χ1) is 5.72. The van der Waals surface area contributed by atoms with Gasteiger partial charge in [0.05, 0.1) is 6.21 Å². The Morgan fingerprint density at radius 2 is 2.00 bits per heavy atom. The van der Waals surface area contributed by atoms with Gasteiger partial charge in [0.2, 0.25) is 0 Å². The maximum atomic E-state index is 10.8. The van der Waals surface area contributed by atoms with Crippen LogP contribution in [0.2, 0.25) is 0 Å². The Morgan fingerprint density at radius 3 is 2.50 bits per heavy atom. The lowest BCUT2D eigenvalue weighted by Crippen LogP contribution is -2.02. The first-order valence-corrected chi connectivity index (χ1v) is 4.58. The van der Waals surface area contributed by atoms with Crippen LogP contribution in [0, 0.1) is 8.98 Å². The number of hydrogen-bond acceptors (Lipinski definition) is 2. The van der Waals surface area contributed by atoms with Crippen LogP contribution in [0.15, 0.2) is 24.3 Å². The molecule has 0 aliphatic heterocycles. The lowest BCUT2D eigenvalue weighted by molar-refractivity contribution is -0.112. The van der Waals surface area contributed by atoms with Gasteiger partial charge >= 0.3 is 0 Å². The van der Waals surface area contributed by atoms with Gasteiger partial charge in [0.25, 0.3) is 0 Å². The van der Waals surface area contributed by atoms with Gasteiger partial charge in [-0.25, -0.2) is 0 Å². The molecule has 1 rings (SSSR count). The van der Waals surface area contributed by atoms with Crippen LogP contribution in [0.4, 0.5) is 0 Å². The molecule has 0 atom stereocenters. The maximum Gasteiger partial charge on any atom is 0.177 e. The molecule has 2 nitrogen and oxygen atoms in total. The quantitative estimate of drug-likeness (QED) is 0.664. The van der Waals surface area contributed by atoms with Crippen molar-refractivity contribution in [3.8, 4) is 0 Å². The van der Waals surface area contributed by atoms with E-state index < -0.39 is 0 Å². The fourth-order valence-corrected chi connectivity index (χ4v) is 1.21. The summed E-state index contributed by atoms with van der Waals surface area (Å²) in [6.45, 7) is 0. The van der Waals surface area contributed by atoms with E-state index in [0.717, 1.165) is 15.3 Å². The van der Waals surface area contributed by atoms with Gasteiger partial charge in [-0.05, 0) is 40.3 Å². The van der Waals surface area contributed by atoms with Crippen LogP contribution >= 0.6 is 22.6 Å². The molecule has 0 aliphatic rings. The fourth-order valence-electron chi connectivity index (χ4n) is 0.854. The van der Waals surface area contributed by atoms with Gasteiger partial charge in [0.1, 0.15) is 0 Å². The van der Waals surface area contributed by atoms with E-state index in [2.05, 4.69) is 22.6 Å². The highest BCUT2D eigenvalue weighted by molar-refractivity contribution is 14.1. The van der Waals surface area contributed by atoms with E-state index in [1.165, 1.54) is 0 Å². The second-order valence-electron chi connectivity index (χ2n) is 2.41. The summed E-state index contributed by atoms with van der Waals surface area (Å²) in [6.07, 6.45) is 1.19. The van der Waals surface area contributed by atoms with Crippen molar-refractivity contribution in [1.29, 1.82) is 5.41 Å². The summed E-state index contributed by atoms with van der Waals surface area (Å²) in [5.41, 5.74) is 0.962. The number of ketones is 1. The minimum Gasteiger partial charge on any atom is -0.305 e. The first-order valence-electron chi connectivity index (χ1n) is 3.50. The van der Waals surface area contributed by atoms with E-state index >= 15 is 0 Å². The SMILES string of the molecule is N=CC(=O)Cc1ccc(I)cc1. The van der Waals surface area contributed by atoms with Crippen LogP contribution in [0.3, 0.4) is 0 Å². The Kier molecular flexibility index (Phi) is 3.40. The van der Waals surface area contributed by atoms with Crippen molar-refractivity contribution in [2.75, 3.05) is 0 Å². The summed E-state index contributed by atoms with van der Waals surface area (Å²) < 4.78 is 1.15. The van der Waals surface area contributed by atoms with Crippen LogP contribution in [0.25, 0.3) is 0 Å². The smallest absolute Gasteiger partial charge is 0.177 e. The van der Waals surface area contributed by atoms with Gasteiger partial charge < -0.3 is 5.41 Å². The van der Waals surface area contributed by atoms with E-state index in [0.29, 0.717) is 6.42 Å². The molecule has 0 radical (unpaired) electrons. The van der Waals surface area contributed by atoms with E-state index in [-0.39, 0.29) is 5.78 Å². The number of halogens is 1. The van der Waals surface area contributed by atoms with Crippen LogP contribution in [-0.2, 0) is 11.2 Å². The van der Waals surface area contributed by atoms with Crippen LogP contribution in [0.1, 0.15) is 5.56 Å². The Labute approximate surface area is 84.6 Å². The molecule has 0 fully saturated rings. The molecule has 0 bridgehead atoms. The van der Waals surface area contributed by atoms with Crippen LogP contribution in [-0.4, -0.2) is 12.0 Å². The van der Waals surface area contributed by atoms with Crippen molar-refractivity contribution in [3.63, 3.8) is 0 Å². The molecule has 0 spiro atoms. The van der Waals surface area contributed by atoms with Crippen LogP contribution < -0.4 is 0 Å². The molecule has 0 saturated carbocycles. The third-order valence-corrected chi connectivity index (χ3v) is 2.17. The Morgan fingerprint density at radius 1 is 1.42 bits per heavy atom. The third kappa shape index (κ3) is 2.73. The lowest BCUT2D eigenvalue weighted by atomic mass is 10.1. The predicted octanol–water partition coefficient (Wildman–Crippen LogP) is 2.05. The summed E-state index contributed by atoms with van der Waals surface area (Å²) >= 11 is 2.21. The third-order valence-electron chi connectivity index (χ3n) is 1.45. The highest BCUT2D eigenvalue weighted by Gasteiger charge is 1.98. The molecule has 0 aromatic heterocycles. The minimum atomic E-state index is -0.156. The van der Waals surface area contributed by atoms with Gasteiger partial charge in [-0.3, -0.25) is 4.79 Å². The van der Waals surface area contributed by atoms with Gasteiger partial charge in [-0.15, -0.1) is 0 Å². The van der Waals surface area contributed by atoms with Crippen LogP contribution in [0.5, 0.6) is 0 Å². The van der Waals surface area contributed by atoms with E-state index in [9.17, 15) is 4.79 Å². The van der Waals surface area contributed by atoms with Crippen molar-refractivity contribution in [2.24, 2.45) is 0 Å². The van der Waals surface area contributed by atoms with Gasteiger partial charge in [0, 0.05) is 9.99 Å². The fraction of sp³-hybridized carbons (Fsp3) is 0.111. The van der Waals surface area contributed by atoms with E-state index in [1.54, 1.807) is 0 Å². The summed E-state index contributed by atoms with van der Waals surface area (Å²) in [4.78, 5) is 10.8. The van der Waals surface area contributed by atoms with Gasteiger partial charge in [0.15, 0.2) is 5.78 Å². The van der Waals surface area contributed by atoms with Crippen molar-refractivity contribution < 1.29 is 4.79 Å². The second kappa shape index (κ2) is 4.35. The van der Waals surface area contributed by atoms with E-state index in [4.69, 9.17) is 5.41 Å². The molecule has 1 aromatic carbocycles. The Hall–Kier alpha value is -0.710. The lowest BCUT2D eigenvalue weighted by Gasteiger charge is -1.96. The summed E-state index contributed by atoms with van der Waals surface area (Å²) in [5.74, 6) is -0.156. The number of benzene rings is 1. The first kappa shape index (κ1) is 9.38. The van der Waals surface area contributed by atoms with Crippen molar-refractivity contribution in [1.82, 2.24) is 0 Å². The molecular formula is C9H8INO. The van der Waals surface area contributed by atoms with E-state index in [1.807, 2.05) is 24.3 Å². The topological polar surface area (TPSA) is 40.9 Å². The molecule has 1 N–H and O–H groups in total. The molecule has 1 aromatic rings. The number of carbonyl (C=O) groups excluding carboxylic acids is 1. The molecule has 0 unspecified atom stereocenters. The monoisotopic (exact) mass is 273 g/mol. The molecule has 3 heteroatoms. The largest absolute Gasteiger partial charge is 0.305 e. The average molecular weight is 273 g/mol. The van der Waals surface area contributed by atoms with Crippen molar-refractivity contribution in [2.45, 2.75) is 6.42 Å². The maximum absolute atomic E-state index is 10.8. The molecule has 0 aliphatic carbocycles. The van der Waals surface area contributed by atoms with Gasteiger partial charge in [-0.1, -0.05) is 12.1 Å². The molecule has 0 heterocycles. The zero-order valence-electron chi connectivity index (χ0n) is 6.38. The summed E-state index contributed by atoms with van der Waals surface area (Å²) in [7, 11) is 0. The molecule has 12 heavy (non-hydrogen) atoms. The number of nitrogens with one attached hydrogen (secondary N) is 1. The number of rotatable bonds is 3. The zero-order chi connectivity index (χ0) is 8.97. The number of carbonyl (C=O) groups is 1. The predicted molar refractivity (Wildman–Crippen MR) is 56.7 cm³/mol. The van der Waals surface area contributed by atoms with Crippen molar-refractivity contribution >= 4 is 34.6 Å². The van der Waals surface area contributed by atoms with Crippen molar-refractivity contribution in [3.05, 3.63) is 33.4 Å². The molecule has 62 valence electrons.